The molecule has 9 heteroatoms. The highest BCUT2D eigenvalue weighted by Crippen LogP contribution is 2.59. The molecule has 7 atom stereocenters. The summed E-state index contributed by atoms with van der Waals surface area (Å²) in [6.07, 6.45) is 2.29. The minimum absolute atomic E-state index is 0.0911. The Bertz CT molecular complexity index is 1220. The van der Waals surface area contributed by atoms with Gasteiger partial charge in [-0.05, 0) is 62.9 Å². The highest BCUT2D eigenvalue weighted by Gasteiger charge is 2.75. The molecule has 3 heterocycles. The zero-order valence-electron chi connectivity index (χ0n) is 23.3. The number of nitrogens with one attached hydrogen (secondary N) is 2. The van der Waals surface area contributed by atoms with E-state index in [9.17, 15) is 19.5 Å². The lowest BCUT2D eigenvalue weighted by molar-refractivity contribution is -0.145. The molecule has 0 aromatic heterocycles. The van der Waals surface area contributed by atoms with Crippen LogP contribution < -0.4 is 15.4 Å². The lowest BCUT2D eigenvalue weighted by Crippen LogP contribution is -2.57. The first-order chi connectivity index (χ1) is 19.3. The number of aliphatic hydroxyl groups is 1. The van der Waals surface area contributed by atoms with Crippen molar-refractivity contribution in [1.82, 2.24) is 10.2 Å². The van der Waals surface area contributed by atoms with Crippen LogP contribution in [0.3, 0.4) is 0 Å². The molecule has 9 nitrogen and oxygen atoms in total. The number of carbonyl (C=O) groups excluding carboxylic acids is 3. The molecule has 2 bridgehead atoms. The molecule has 0 radical (unpaired) electrons. The zero-order chi connectivity index (χ0) is 28.4. The summed E-state index contributed by atoms with van der Waals surface area (Å²) in [7, 11) is 0. The molecule has 2 aromatic rings. The van der Waals surface area contributed by atoms with Crippen LogP contribution in [0.15, 0.2) is 54.6 Å². The van der Waals surface area contributed by atoms with Gasteiger partial charge >= 0.3 is 0 Å². The van der Waals surface area contributed by atoms with Gasteiger partial charge in [-0.3, -0.25) is 14.4 Å². The van der Waals surface area contributed by atoms with Gasteiger partial charge in [-0.2, -0.15) is 0 Å². The number of carbonyl (C=O) groups is 3. The molecule has 1 spiro atoms. The third-order valence-electron chi connectivity index (χ3n) is 8.53. The van der Waals surface area contributed by atoms with E-state index in [2.05, 4.69) is 17.6 Å². The smallest absolute Gasteiger partial charge is 0.246 e. The quantitative estimate of drug-likeness (QED) is 0.395. The maximum absolute atomic E-state index is 14.3. The van der Waals surface area contributed by atoms with Crippen molar-refractivity contribution in [3.05, 3.63) is 60.2 Å². The Balaban J connectivity index is 1.48. The normalized spacial score (nSPS) is 28.2. The van der Waals surface area contributed by atoms with E-state index < -0.39 is 35.6 Å². The molecule has 3 fully saturated rings. The van der Waals surface area contributed by atoms with Crippen LogP contribution in [0.4, 0.5) is 5.69 Å². The number of anilines is 1. The van der Waals surface area contributed by atoms with Gasteiger partial charge in [-0.1, -0.05) is 43.7 Å². The number of nitrogens with zero attached hydrogens (tertiary/aromatic N) is 1. The third kappa shape index (κ3) is 4.86. The molecule has 3 N–H and O–H groups in total. The van der Waals surface area contributed by atoms with Crippen LogP contribution >= 0.6 is 0 Å². The number of fused-ring (bicyclic) bond motifs is 1. The van der Waals surface area contributed by atoms with Gasteiger partial charge in [0.25, 0.3) is 0 Å². The average Bonchev–Trinajstić information content (AvgIpc) is 3.59. The Hall–Kier alpha value is -3.43. The molecule has 3 unspecified atom stereocenters. The number of likely N-dealkylation sites (tertiary alicyclic amines) is 1. The molecule has 0 saturated carbocycles. The van der Waals surface area contributed by atoms with E-state index in [0.29, 0.717) is 30.9 Å². The third-order valence-corrected chi connectivity index (χ3v) is 8.53. The molecule has 2 aromatic carbocycles. The predicted molar refractivity (Wildman–Crippen MR) is 149 cm³/mol. The Kier molecular flexibility index (Phi) is 8.14. The molecule has 214 valence electrons. The monoisotopic (exact) mass is 549 g/mol. The molecular weight excluding hydrogens is 510 g/mol. The van der Waals surface area contributed by atoms with Crippen molar-refractivity contribution < 1.29 is 29.0 Å². The summed E-state index contributed by atoms with van der Waals surface area (Å²) in [6, 6.07) is 14.5. The number of ether oxygens (including phenoxy) is 2. The van der Waals surface area contributed by atoms with Gasteiger partial charge in [0.05, 0.1) is 37.2 Å². The van der Waals surface area contributed by atoms with E-state index in [0.717, 1.165) is 18.4 Å². The van der Waals surface area contributed by atoms with Crippen LogP contribution in [-0.2, 0) is 19.1 Å². The fourth-order valence-electron chi connectivity index (χ4n) is 6.91. The number of hydrogen-bond donors (Lipinski definition) is 3. The fraction of sp³-hybridized carbons (Fsp3) is 0.516. The van der Waals surface area contributed by atoms with Crippen molar-refractivity contribution in [3.63, 3.8) is 0 Å². The van der Waals surface area contributed by atoms with Crippen molar-refractivity contribution in [2.45, 2.75) is 76.3 Å². The number of aliphatic hydroxyl groups excluding tert-OH is 1. The van der Waals surface area contributed by atoms with Crippen LogP contribution in [-0.4, -0.2) is 64.7 Å². The topological polar surface area (TPSA) is 117 Å². The Morgan fingerprint density at radius 1 is 1.12 bits per heavy atom. The lowest BCUT2D eigenvalue weighted by Gasteiger charge is -2.37. The van der Waals surface area contributed by atoms with E-state index in [4.69, 9.17) is 9.47 Å². The molecule has 40 heavy (non-hydrogen) atoms. The summed E-state index contributed by atoms with van der Waals surface area (Å²) in [6.45, 7) is 6.07. The highest BCUT2D eigenvalue weighted by molar-refractivity contribution is 6.02. The van der Waals surface area contributed by atoms with Crippen molar-refractivity contribution in [2.75, 3.05) is 18.5 Å². The molecular formula is C31H39N3O6. The standard InChI is InChI=1S/C31H39N3O6/c1-4-9-19(3)32-29(37)27-31-17-16-24(40-31)25(28(36)33-21-12-14-22(15-13-21)39-5-2)26(31)30(38)34(27)23(18-35)20-10-7-6-8-11-20/h6-8,10-15,19,23-27,35H,4-5,9,16-18H2,1-3H3,(H,32,37)(H,33,36)/t19?,23-,24+,25-,26+,27?,31?/m1/s1. The van der Waals surface area contributed by atoms with Crippen LogP contribution in [0.5, 0.6) is 5.75 Å². The highest BCUT2D eigenvalue weighted by atomic mass is 16.5. The summed E-state index contributed by atoms with van der Waals surface area (Å²) < 4.78 is 12.0. The summed E-state index contributed by atoms with van der Waals surface area (Å²) in [5, 5.41) is 16.6. The number of benzene rings is 2. The van der Waals surface area contributed by atoms with Crippen LogP contribution in [0.1, 0.15) is 58.1 Å². The molecule has 0 aliphatic carbocycles. The van der Waals surface area contributed by atoms with Gasteiger partial charge in [0.15, 0.2) is 0 Å². The minimum Gasteiger partial charge on any atom is -0.494 e. The first-order valence-corrected chi connectivity index (χ1v) is 14.3. The minimum atomic E-state index is -1.14. The second-order valence-corrected chi connectivity index (χ2v) is 11.1. The Morgan fingerprint density at radius 3 is 2.50 bits per heavy atom. The first kappa shape index (κ1) is 28.1. The van der Waals surface area contributed by atoms with E-state index >= 15 is 0 Å². The summed E-state index contributed by atoms with van der Waals surface area (Å²) in [5.41, 5.74) is 0.174. The predicted octanol–water partition coefficient (Wildman–Crippen LogP) is 3.44. The summed E-state index contributed by atoms with van der Waals surface area (Å²) >= 11 is 0. The molecule has 3 aliphatic heterocycles. The average molecular weight is 550 g/mol. The van der Waals surface area contributed by atoms with Gasteiger partial charge in [0.2, 0.25) is 17.7 Å². The zero-order valence-corrected chi connectivity index (χ0v) is 23.3. The first-order valence-electron chi connectivity index (χ1n) is 14.3. The van der Waals surface area contributed by atoms with E-state index in [1.807, 2.05) is 44.2 Å². The van der Waals surface area contributed by atoms with Crippen LogP contribution in [0.25, 0.3) is 0 Å². The van der Waals surface area contributed by atoms with E-state index in [1.54, 1.807) is 24.3 Å². The van der Waals surface area contributed by atoms with E-state index in [-0.39, 0.29) is 30.4 Å². The van der Waals surface area contributed by atoms with Crippen molar-refractivity contribution in [2.24, 2.45) is 11.8 Å². The molecule has 3 saturated heterocycles. The Labute approximate surface area is 235 Å². The molecule has 3 amide bonds. The Morgan fingerprint density at radius 2 is 1.85 bits per heavy atom. The van der Waals surface area contributed by atoms with Crippen molar-refractivity contribution >= 4 is 23.4 Å². The maximum Gasteiger partial charge on any atom is 0.246 e. The lowest BCUT2D eigenvalue weighted by atomic mass is 9.70. The second-order valence-electron chi connectivity index (χ2n) is 11.1. The largest absolute Gasteiger partial charge is 0.494 e. The number of amides is 3. The molecule has 5 rings (SSSR count). The number of rotatable bonds is 11. The summed E-state index contributed by atoms with van der Waals surface area (Å²) in [4.78, 5) is 43.5. The summed E-state index contributed by atoms with van der Waals surface area (Å²) in [5.74, 6) is -1.83. The van der Waals surface area contributed by atoms with Gasteiger partial charge < -0.3 is 30.1 Å². The van der Waals surface area contributed by atoms with Gasteiger partial charge in [0.1, 0.15) is 17.4 Å². The van der Waals surface area contributed by atoms with Crippen LogP contribution in [0, 0.1) is 11.8 Å². The van der Waals surface area contributed by atoms with E-state index in [1.165, 1.54) is 4.90 Å². The van der Waals surface area contributed by atoms with Crippen molar-refractivity contribution in [1.29, 1.82) is 0 Å². The van der Waals surface area contributed by atoms with Gasteiger partial charge in [0, 0.05) is 11.7 Å². The van der Waals surface area contributed by atoms with Gasteiger partial charge in [-0.25, -0.2) is 0 Å². The maximum atomic E-state index is 14.3. The fourth-order valence-corrected chi connectivity index (χ4v) is 6.91. The van der Waals surface area contributed by atoms with Gasteiger partial charge in [-0.15, -0.1) is 0 Å². The SMILES string of the molecule is CCCC(C)NC(=O)C1N([C@H](CO)c2ccccc2)C(=O)[C@@H]2[C@H](C(=O)Nc3ccc(OCC)cc3)[C@@H]3CCC12O3. The second kappa shape index (κ2) is 11.6. The van der Waals surface area contributed by atoms with Crippen LogP contribution in [0.2, 0.25) is 0 Å². The molecule has 3 aliphatic rings. The van der Waals surface area contributed by atoms with Crippen molar-refractivity contribution in [3.8, 4) is 5.75 Å². The number of hydrogen-bond acceptors (Lipinski definition) is 6.